The second-order valence-corrected chi connectivity index (χ2v) is 5.14. The molecular formula is C16H28O4. The topological polar surface area (TPSA) is 52.6 Å². The number of allylic oxidation sites excluding steroid dienone is 2. The average molecular weight is 284 g/mol. The van der Waals surface area contributed by atoms with Crippen LogP contribution in [0.15, 0.2) is 11.6 Å². The molecule has 20 heavy (non-hydrogen) atoms. The van der Waals surface area contributed by atoms with Gasteiger partial charge in [0.1, 0.15) is 0 Å². The summed E-state index contributed by atoms with van der Waals surface area (Å²) in [5.74, 6) is -1.37. The van der Waals surface area contributed by atoms with Crippen LogP contribution in [-0.2, 0) is 19.1 Å². The molecule has 0 rings (SSSR count). The van der Waals surface area contributed by atoms with Gasteiger partial charge in [0, 0.05) is 0 Å². The fourth-order valence-corrected chi connectivity index (χ4v) is 1.68. The minimum atomic E-state index is -0.907. The molecule has 0 aliphatic carbocycles. The third-order valence-corrected chi connectivity index (χ3v) is 3.08. The van der Waals surface area contributed by atoms with Crippen molar-refractivity contribution in [3.8, 4) is 0 Å². The Balaban J connectivity index is 3.80. The third kappa shape index (κ3) is 9.59. The highest BCUT2D eigenvalue weighted by atomic mass is 16.6. The van der Waals surface area contributed by atoms with Crippen LogP contribution in [0.2, 0.25) is 0 Å². The lowest BCUT2D eigenvalue weighted by Gasteiger charge is -2.10. The quantitative estimate of drug-likeness (QED) is 0.368. The maximum absolute atomic E-state index is 11.2. The standard InChI is InChI=1S/C16H28O4/c1-5-7-8-13(3)9-10-14(4)11-12-20-16(18)15(17)19-6-2/h9,14H,5-8,10-12H2,1-4H3. The van der Waals surface area contributed by atoms with Crippen molar-refractivity contribution in [2.75, 3.05) is 13.2 Å². The highest BCUT2D eigenvalue weighted by Crippen LogP contribution is 2.13. The van der Waals surface area contributed by atoms with E-state index in [1.807, 2.05) is 0 Å². The van der Waals surface area contributed by atoms with Crippen LogP contribution in [0.25, 0.3) is 0 Å². The molecule has 0 heterocycles. The first kappa shape index (κ1) is 18.7. The molecule has 0 fully saturated rings. The summed E-state index contributed by atoms with van der Waals surface area (Å²) < 4.78 is 9.42. The molecule has 0 aromatic heterocycles. The lowest BCUT2D eigenvalue weighted by atomic mass is 10.0. The zero-order valence-corrected chi connectivity index (χ0v) is 13.2. The van der Waals surface area contributed by atoms with Crippen molar-refractivity contribution < 1.29 is 19.1 Å². The summed E-state index contributed by atoms with van der Waals surface area (Å²) in [5, 5.41) is 0. The predicted octanol–water partition coefficient (Wildman–Crippen LogP) is 3.65. The van der Waals surface area contributed by atoms with Gasteiger partial charge < -0.3 is 9.47 Å². The van der Waals surface area contributed by atoms with Gasteiger partial charge >= 0.3 is 11.9 Å². The van der Waals surface area contributed by atoms with E-state index >= 15 is 0 Å². The number of rotatable bonds is 9. The Morgan fingerprint density at radius 2 is 1.80 bits per heavy atom. The van der Waals surface area contributed by atoms with Crippen molar-refractivity contribution in [1.82, 2.24) is 0 Å². The molecular weight excluding hydrogens is 256 g/mol. The van der Waals surface area contributed by atoms with Gasteiger partial charge in [0.25, 0.3) is 0 Å². The number of carbonyl (C=O) groups is 2. The van der Waals surface area contributed by atoms with Crippen molar-refractivity contribution in [1.29, 1.82) is 0 Å². The molecule has 0 aromatic rings. The zero-order valence-electron chi connectivity index (χ0n) is 13.2. The second-order valence-electron chi connectivity index (χ2n) is 5.14. The van der Waals surface area contributed by atoms with E-state index in [0.29, 0.717) is 5.92 Å². The minimum Gasteiger partial charge on any atom is -0.458 e. The molecule has 4 heteroatoms. The van der Waals surface area contributed by atoms with E-state index in [2.05, 4.69) is 31.6 Å². The van der Waals surface area contributed by atoms with Crippen molar-refractivity contribution in [2.24, 2.45) is 5.92 Å². The van der Waals surface area contributed by atoms with Gasteiger partial charge in [-0.25, -0.2) is 9.59 Å². The van der Waals surface area contributed by atoms with E-state index in [1.54, 1.807) is 6.92 Å². The van der Waals surface area contributed by atoms with E-state index < -0.39 is 11.9 Å². The molecule has 0 spiro atoms. The molecule has 116 valence electrons. The number of esters is 2. The summed E-state index contributed by atoms with van der Waals surface area (Å²) >= 11 is 0. The van der Waals surface area contributed by atoms with E-state index in [-0.39, 0.29) is 13.2 Å². The normalized spacial score (nSPS) is 12.9. The molecule has 1 unspecified atom stereocenters. The molecule has 0 aliphatic heterocycles. The maximum atomic E-state index is 11.2. The summed E-state index contributed by atoms with van der Waals surface area (Å²) in [5.41, 5.74) is 1.42. The number of carbonyl (C=O) groups excluding carboxylic acids is 2. The van der Waals surface area contributed by atoms with Crippen LogP contribution in [0.3, 0.4) is 0 Å². The molecule has 4 nitrogen and oxygen atoms in total. The van der Waals surface area contributed by atoms with Crippen molar-refractivity contribution in [3.05, 3.63) is 11.6 Å². The van der Waals surface area contributed by atoms with Crippen molar-refractivity contribution >= 4 is 11.9 Å². The molecule has 0 N–H and O–H groups in total. The fraction of sp³-hybridized carbons (Fsp3) is 0.750. The summed E-state index contributed by atoms with van der Waals surface area (Å²) in [6.07, 6.45) is 7.59. The summed E-state index contributed by atoms with van der Waals surface area (Å²) in [7, 11) is 0. The van der Waals surface area contributed by atoms with Gasteiger partial charge in [0.05, 0.1) is 13.2 Å². The Hall–Kier alpha value is -1.32. The Morgan fingerprint density at radius 1 is 1.15 bits per heavy atom. The van der Waals surface area contributed by atoms with Gasteiger partial charge in [-0.1, -0.05) is 31.9 Å². The first-order valence-corrected chi connectivity index (χ1v) is 7.50. The molecule has 0 bridgehead atoms. The SMILES string of the molecule is CCCCC(C)=CCC(C)CCOC(=O)C(=O)OCC. The number of unbranched alkanes of at least 4 members (excludes halogenated alkanes) is 1. The molecule has 0 saturated heterocycles. The lowest BCUT2D eigenvalue weighted by Crippen LogP contribution is -2.21. The van der Waals surface area contributed by atoms with Gasteiger partial charge in [-0.15, -0.1) is 0 Å². The van der Waals surface area contributed by atoms with Crippen LogP contribution in [0.1, 0.15) is 59.8 Å². The average Bonchev–Trinajstić information content (AvgIpc) is 2.42. The largest absolute Gasteiger partial charge is 0.458 e. The number of hydrogen-bond donors (Lipinski definition) is 0. The highest BCUT2D eigenvalue weighted by Gasteiger charge is 2.16. The summed E-state index contributed by atoms with van der Waals surface area (Å²) in [4.78, 5) is 22.2. The van der Waals surface area contributed by atoms with Gasteiger partial charge in [0.15, 0.2) is 0 Å². The van der Waals surface area contributed by atoms with Crippen LogP contribution in [0, 0.1) is 5.92 Å². The number of hydrogen-bond acceptors (Lipinski definition) is 4. The Bertz CT molecular complexity index is 320. The molecule has 1 atom stereocenters. The predicted molar refractivity (Wildman–Crippen MR) is 79.3 cm³/mol. The van der Waals surface area contributed by atoms with E-state index in [9.17, 15) is 9.59 Å². The highest BCUT2D eigenvalue weighted by molar-refractivity contribution is 6.29. The molecule has 0 amide bonds. The molecule has 0 aromatic carbocycles. The Kier molecular flexibility index (Phi) is 10.7. The summed E-state index contributed by atoms with van der Waals surface area (Å²) in [6.45, 7) is 8.56. The van der Waals surface area contributed by atoms with Crippen LogP contribution in [-0.4, -0.2) is 25.2 Å². The third-order valence-electron chi connectivity index (χ3n) is 3.08. The van der Waals surface area contributed by atoms with Crippen LogP contribution in [0.4, 0.5) is 0 Å². The van der Waals surface area contributed by atoms with E-state index in [0.717, 1.165) is 19.3 Å². The van der Waals surface area contributed by atoms with Crippen LogP contribution in [0.5, 0.6) is 0 Å². The van der Waals surface area contributed by atoms with E-state index in [1.165, 1.54) is 18.4 Å². The van der Waals surface area contributed by atoms with Crippen molar-refractivity contribution in [3.63, 3.8) is 0 Å². The van der Waals surface area contributed by atoms with Crippen LogP contribution < -0.4 is 0 Å². The molecule has 0 radical (unpaired) electrons. The first-order chi connectivity index (χ1) is 9.51. The molecule has 0 aliphatic rings. The van der Waals surface area contributed by atoms with Crippen LogP contribution >= 0.6 is 0 Å². The fourth-order valence-electron chi connectivity index (χ4n) is 1.68. The monoisotopic (exact) mass is 284 g/mol. The summed E-state index contributed by atoms with van der Waals surface area (Å²) in [6, 6.07) is 0. The Labute approximate surface area is 122 Å². The van der Waals surface area contributed by atoms with Gasteiger partial charge in [0.2, 0.25) is 0 Å². The smallest absolute Gasteiger partial charge is 0.417 e. The first-order valence-electron chi connectivity index (χ1n) is 7.50. The Morgan fingerprint density at radius 3 is 2.40 bits per heavy atom. The minimum absolute atomic E-state index is 0.187. The number of ether oxygens (including phenoxy) is 2. The second kappa shape index (κ2) is 11.5. The zero-order chi connectivity index (χ0) is 15.4. The van der Waals surface area contributed by atoms with Crippen molar-refractivity contribution in [2.45, 2.75) is 59.8 Å². The van der Waals surface area contributed by atoms with Gasteiger partial charge in [-0.2, -0.15) is 0 Å². The van der Waals surface area contributed by atoms with Gasteiger partial charge in [-0.3, -0.25) is 0 Å². The lowest BCUT2D eigenvalue weighted by molar-refractivity contribution is -0.167. The van der Waals surface area contributed by atoms with Gasteiger partial charge in [-0.05, 0) is 45.4 Å². The van der Waals surface area contributed by atoms with E-state index in [4.69, 9.17) is 4.74 Å². The maximum Gasteiger partial charge on any atom is 0.417 e. The molecule has 0 saturated carbocycles.